The molecule has 6 nitrogen and oxygen atoms in total. The average Bonchev–Trinajstić information content (AvgIpc) is 2.95. The molecule has 0 spiro atoms. The molecule has 6 heteroatoms. The van der Waals surface area contributed by atoms with Crippen LogP contribution in [0.3, 0.4) is 0 Å². The second-order valence-corrected chi connectivity index (χ2v) is 6.14. The average molecular weight is 313 g/mol. The van der Waals surface area contributed by atoms with Gasteiger partial charge in [-0.1, -0.05) is 26.7 Å². The van der Waals surface area contributed by atoms with Gasteiger partial charge in [-0.25, -0.2) is 4.98 Å². The molecule has 0 saturated carbocycles. The predicted octanol–water partition coefficient (Wildman–Crippen LogP) is 1.55. The van der Waals surface area contributed by atoms with Gasteiger partial charge in [0, 0.05) is 17.7 Å². The van der Waals surface area contributed by atoms with Crippen molar-refractivity contribution in [1.29, 1.82) is 0 Å². The van der Waals surface area contributed by atoms with Crippen LogP contribution in [0.25, 0.3) is 0 Å². The third kappa shape index (κ3) is 4.10. The van der Waals surface area contributed by atoms with Crippen LogP contribution in [0.2, 0.25) is 0 Å². The number of amides is 1. The first-order chi connectivity index (χ1) is 10.8. The Labute approximate surface area is 134 Å². The van der Waals surface area contributed by atoms with E-state index in [4.69, 9.17) is 10.8 Å². The van der Waals surface area contributed by atoms with E-state index in [2.05, 4.69) is 16.2 Å². The maximum Gasteiger partial charge on any atom is 0.253 e. The van der Waals surface area contributed by atoms with Crippen molar-refractivity contribution in [2.75, 3.05) is 6.54 Å². The Hall–Kier alpha value is -2.81. The number of oxazole rings is 1. The number of terminal acetylenes is 1. The maximum atomic E-state index is 11.9. The van der Waals surface area contributed by atoms with Gasteiger partial charge in [0.15, 0.2) is 0 Å². The van der Waals surface area contributed by atoms with Gasteiger partial charge in [0.2, 0.25) is 5.89 Å². The van der Waals surface area contributed by atoms with Crippen molar-refractivity contribution in [3.05, 3.63) is 52.1 Å². The molecule has 0 bridgehead atoms. The topological polar surface area (TPSA) is 77.1 Å². The molecule has 0 radical (unpaired) electrons. The number of carbonyl (C=O) groups excluding carboxylic acids is 1. The Morgan fingerprint density at radius 1 is 1.43 bits per heavy atom. The van der Waals surface area contributed by atoms with E-state index in [0.717, 1.165) is 5.76 Å². The zero-order valence-corrected chi connectivity index (χ0v) is 13.4. The minimum Gasteiger partial charge on any atom is -0.443 e. The highest BCUT2D eigenvalue weighted by Gasteiger charge is 2.19. The van der Waals surface area contributed by atoms with E-state index in [0.29, 0.717) is 11.5 Å². The van der Waals surface area contributed by atoms with E-state index in [1.54, 1.807) is 6.20 Å². The number of carbonyl (C=O) groups is 1. The summed E-state index contributed by atoms with van der Waals surface area (Å²) >= 11 is 0. The Morgan fingerprint density at radius 2 is 2.17 bits per heavy atom. The lowest BCUT2D eigenvalue weighted by atomic mass is 9.94. The van der Waals surface area contributed by atoms with Crippen LogP contribution >= 0.6 is 0 Å². The molecule has 0 aliphatic rings. The van der Waals surface area contributed by atoms with Crippen molar-refractivity contribution >= 4 is 5.91 Å². The van der Waals surface area contributed by atoms with Gasteiger partial charge in [0.05, 0.1) is 18.3 Å². The minimum atomic E-state index is -0.334. The number of hydrogen-bond donors (Lipinski definition) is 1. The molecule has 2 heterocycles. The summed E-state index contributed by atoms with van der Waals surface area (Å²) in [5.41, 5.74) is -0.0517. The predicted molar refractivity (Wildman–Crippen MR) is 86.2 cm³/mol. The molecule has 0 saturated heterocycles. The molecule has 1 amide bonds. The van der Waals surface area contributed by atoms with Crippen molar-refractivity contribution in [3.63, 3.8) is 0 Å². The molecule has 0 unspecified atom stereocenters. The third-order valence-corrected chi connectivity index (χ3v) is 3.20. The van der Waals surface area contributed by atoms with Crippen molar-refractivity contribution in [1.82, 2.24) is 14.9 Å². The molecule has 2 aromatic heterocycles. The van der Waals surface area contributed by atoms with Gasteiger partial charge in [-0.05, 0) is 6.07 Å². The van der Waals surface area contributed by atoms with Crippen LogP contribution < -0.4 is 10.9 Å². The summed E-state index contributed by atoms with van der Waals surface area (Å²) < 4.78 is 7.05. The van der Waals surface area contributed by atoms with Crippen LogP contribution in [0.4, 0.5) is 0 Å². The molecular weight excluding hydrogens is 294 g/mol. The molecule has 0 aromatic carbocycles. The highest BCUT2D eigenvalue weighted by atomic mass is 16.4. The molecule has 0 aliphatic heterocycles. The lowest BCUT2D eigenvalue weighted by Gasteiger charge is -2.13. The lowest BCUT2D eigenvalue weighted by Crippen LogP contribution is -2.27. The van der Waals surface area contributed by atoms with Gasteiger partial charge >= 0.3 is 0 Å². The molecule has 0 aliphatic carbocycles. The third-order valence-electron chi connectivity index (χ3n) is 3.20. The fraction of sp³-hybridized carbons (Fsp3) is 0.353. The Balaban J connectivity index is 2.23. The van der Waals surface area contributed by atoms with Crippen LogP contribution in [0.15, 0.2) is 33.7 Å². The highest BCUT2D eigenvalue weighted by Crippen LogP contribution is 2.22. The second kappa shape index (κ2) is 6.53. The molecule has 23 heavy (non-hydrogen) atoms. The smallest absolute Gasteiger partial charge is 0.253 e. The zero-order valence-electron chi connectivity index (χ0n) is 13.4. The van der Waals surface area contributed by atoms with E-state index < -0.39 is 0 Å². The molecule has 0 fully saturated rings. The molecule has 0 atom stereocenters. The summed E-state index contributed by atoms with van der Waals surface area (Å²) in [6.45, 7) is 6.33. The fourth-order valence-corrected chi connectivity index (χ4v) is 1.90. The van der Waals surface area contributed by atoms with Gasteiger partial charge in [-0.15, -0.1) is 6.42 Å². The molecular formula is C17H19N3O3. The summed E-state index contributed by atoms with van der Waals surface area (Å²) in [6, 6.07) is 2.79. The van der Waals surface area contributed by atoms with Crippen molar-refractivity contribution in [2.24, 2.45) is 0 Å². The summed E-state index contributed by atoms with van der Waals surface area (Å²) in [7, 11) is 0. The fourth-order valence-electron chi connectivity index (χ4n) is 1.90. The van der Waals surface area contributed by atoms with Gasteiger partial charge in [0.1, 0.15) is 12.3 Å². The van der Waals surface area contributed by atoms with E-state index >= 15 is 0 Å². The second-order valence-electron chi connectivity index (χ2n) is 6.14. The zero-order chi connectivity index (χ0) is 17.0. The number of pyridine rings is 1. The summed E-state index contributed by atoms with van der Waals surface area (Å²) in [5, 5.41) is 2.55. The largest absolute Gasteiger partial charge is 0.443 e. The van der Waals surface area contributed by atoms with Crippen LogP contribution in [0, 0.1) is 12.3 Å². The molecule has 1 N–H and O–H groups in total. The summed E-state index contributed by atoms with van der Waals surface area (Å²) in [5.74, 6) is 3.15. The van der Waals surface area contributed by atoms with E-state index in [1.807, 2.05) is 20.8 Å². The summed E-state index contributed by atoms with van der Waals surface area (Å²) in [4.78, 5) is 28.0. The number of nitrogens with zero attached hydrogens (tertiary/aromatic N) is 2. The van der Waals surface area contributed by atoms with Gasteiger partial charge in [0.25, 0.3) is 11.5 Å². The lowest BCUT2D eigenvalue weighted by molar-refractivity contribution is 0.0958. The molecule has 2 rings (SSSR count). The maximum absolute atomic E-state index is 11.9. The quantitative estimate of drug-likeness (QED) is 0.869. The van der Waals surface area contributed by atoms with Gasteiger partial charge in [-0.3, -0.25) is 9.59 Å². The number of aromatic nitrogens is 2. The van der Waals surface area contributed by atoms with Gasteiger partial charge in [-0.2, -0.15) is 0 Å². The van der Waals surface area contributed by atoms with Crippen molar-refractivity contribution in [2.45, 2.75) is 32.7 Å². The number of hydrogen-bond acceptors (Lipinski definition) is 4. The Bertz CT molecular complexity index is 803. The normalized spacial score (nSPS) is 11.0. The van der Waals surface area contributed by atoms with Crippen LogP contribution in [0.1, 0.15) is 42.8 Å². The van der Waals surface area contributed by atoms with E-state index in [9.17, 15) is 9.59 Å². The Morgan fingerprint density at radius 3 is 2.78 bits per heavy atom. The van der Waals surface area contributed by atoms with E-state index in [1.165, 1.54) is 22.9 Å². The minimum absolute atomic E-state index is 0.132. The van der Waals surface area contributed by atoms with Crippen molar-refractivity contribution < 1.29 is 9.21 Å². The first-order valence-electron chi connectivity index (χ1n) is 7.18. The van der Waals surface area contributed by atoms with Gasteiger partial charge < -0.3 is 14.3 Å². The highest BCUT2D eigenvalue weighted by molar-refractivity contribution is 5.93. The standard InChI is InChI=1S/C17H19N3O3/c1-5-8-18-16(22)12-6-7-15(21)20(10-12)11-14-19-9-13(23-14)17(2,3)4/h1,6-7,9-10H,8,11H2,2-4H3,(H,18,22). The monoisotopic (exact) mass is 313 g/mol. The number of rotatable bonds is 4. The van der Waals surface area contributed by atoms with Crippen LogP contribution in [0.5, 0.6) is 0 Å². The first-order valence-corrected chi connectivity index (χ1v) is 7.18. The number of nitrogens with one attached hydrogen (secondary N) is 1. The van der Waals surface area contributed by atoms with Crippen LogP contribution in [-0.4, -0.2) is 22.0 Å². The molecule has 120 valence electrons. The van der Waals surface area contributed by atoms with E-state index in [-0.39, 0.29) is 30.0 Å². The first kappa shape index (κ1) is 16.6. The SMILES string of the molecule is C#CCNC(=O)c1ccc(=O)n(Cc2ncc(C(C)(C)C)o2)c1. The van der Waals surface area contributed by atoms with Crippen LogP contribution in [-0.2, 0) is 12.0 Å². The summed E-state index contributed by atoms with van der Waals surface area (Å²) in [6.07, 6.45) is 8.23. The Kier molecular flexibility index (Phi) is 4.70. The van der Waals surface area contributed by atoms with Crippen molar-refractivity contribution in [3.8, 4) is 12.3 Å². The molecule has 2 aromatic rings.